The van der Waals surface area contributed by atoms with Gasteiger partial charge in [-0.3, -0.25) is 0 Å². The highest BCUT2D eigenvalue weighted by Crippen LogP contribution is 2.28. The molecule has 0 radical (unpaired) electrons. The quantitative estimate of drug-likeness (QED) is 0.882. The first-order chi connectivity index (χ1) is 10.1. The third kappa shape index (κ3) is 3.45. The van der Waals surface area contributed by atoms with Crippen LogP contribution in [0.25, 0.3) is 0 Å². The molecule has 0 heterocycles. The summed E-state index contributed by atoms with van der Waals surface area (Å²) >= 11 is 0. The lowest BCUT2D eigenvalue weighted by Gasteiger charge is -2.22. The summed E-state index contributed by atoms with van der Waals surface area (Å²) in [7, 11) is 1.71. The summed E-state index contributed by atoms with van der Waals surface area (Å²) < 4.78 is 5.31. The monoisotopic (exact) mass is 283 g/mol. The smallest absolute Gasteiger partial charge is 0.119 e. The maximum Gasteiger partial charge on any atom is 0.119 e. The average Bonchev–Trinajstić information content (AvgIpc) is 2.48. The van der Waals surface area contributed by atoms with Crippen LogP contribution in [0.5, 0.6) is 5.75 Å². The molecular weight excluding hydrogens is 258 g/mol. The van der Waals surface area contributed by atoms with E-state index in [1.165, 1.54) is 27.8 Å². The summed E-state index contributed by atoms with van der Waals surface area (Å²) in [5, 5.41) is 3.60. The van der Waals surface area contributed by atoms with Crippen LogP contribution in [0.4, 0.5) is 0 Å². The summed E-state index contributed by atoms with van der Waals surface area (Å²) in [6.45, 7) is 9.54. The van der Waals surface area contributed by atoms with Crippen molar-refractivity contribution in [3.8, 4) is 5.75 Å². The molecular formula is C19H25NO. The van der Waals surface area contributed by atoms with E-state index in [2.05, 4.69) is 63.3 Å². The van der Waals surface area contributed by atoms with E-state index in [4.69, 9.17) is 4.74 Å². The van der Waals surface area contributed by atoms with Gasteiger partial charge in [-0.2, -0.15) is 0 Å². The van der Waals surface area contributed by atoms with E-state index in [1.54, 1.807) is 7.11 Å². The van der Waals surface area contributed by atoms with E-state index < -0.39 is 0 Å². The highest BCUT2D eigenvalue weighted by atomic mass is 16.5. The summed E-state index contributed by atoms with van der Waals surface area (Å²) in [6.07, 6.45) is 0. The zero-order valence-corrected chi connectivity index (χ0v) is 13.7. The first kappa shape index (κ1) is 15.6. The molecule has 2 rings (SSSR count). The number of aryl methyl sites for hydroxylation is 3. The molecule has 0 fully saturated rings. The number of hydrogen-bond donors (Lipinski definition) is 1. The van der Waals surface area contributed by atoms with Crippen LogP contribution in [0.2, 0.25) is 0 Å². The van der Waals surface area contributed by atoms with Crippen LogP contribution in [0.1, 0.15) is 40.8 Å². The minimum atomic E-state index is 0.222. The molecule has 0 saturated heterocycles. The Labute approximate surface area is 128 Å². The molecule has 112 valence electrons. The lowest BCUT2D eigenvalue weighted by molar-refractivity contribution is 0.414. The molecule has 0 bridgehead atoms. The van der Waals surface area contributed by atoms with Crippen LogP contribution in [0.3, 0.4) is 0 Å². The minimum absolute atomic E-state index is 0.222. The van der Waals surface area contributed by atoms with Crippen molar-refractivity contribution in [2.75, 3.05) is 13.7 Å². The lowest BCUT2D eigenvalue weighted by Crippen LogP contribution is -2.23. The Bertz CT molecular complexity index is 619. The van der Waals surface area contributed by atoms with Gasteiger partial charge in [-0.05, 0) is 67.3 Å². The number of methoxy groups -OCH3 is 1. The van der Waals surface area contributed by atoms with Crippen LogP contribution in [-0.4, -0.2) is 13.7 Å². The van der Waals surface area contributed by atoms with Crippen molar-refractivity contribution >= 4 is 0 Å². The van der Waals surface area contributed by atoms with E-state index >= 15 is 0 Å². The van der Waals surface area contributed by atoms with Crippen LogP contribution >= 0.6 is 0 Å². The Kier molecular flexibility index (Phi) is 5.03. The minimum Gasteiger partial charge on any atom is -0.497 e. The molecule has 0 aliphatic carbocycles. The second kappa shape index (κ2) is 6.77. The molecule has 0 aromatic heterocycles. The summed E-state index contributed by atoms with van der Waals surface area (Å²) in [4.78, 5) is 0. The summed E-state index contributed by atoms with van der Waals surface area (Å²) in [6, 6.07) is 13.2. The maximum atomic E-state index is 5.31. The number of rotatable bonds is 5. The van der Waals surface area contributed by atoms with Crippen molar-refractivity contribution in [2.24, 2.45) is 0 Å². The zero-order chi connectivity index (χ0) is 15.4. The predicted molar refractivity (Wildman–Crippen MR) is 89.2 cm³/mol. The topological polar surface area (TPSA) is 21.3 Å². The molecule has 0 aliphatic rings. The second-order valence-corrected chi connectivity index (χ2v) is 5.56. The number of hydrogen-bond acceptors (Lipinski definition) is 2. The third-order valence-electron chi connectivity index (χ3n) is 4.06. The van der Waals surface area contributed by atoms with Crippen LogP contribution < -0.4 is 10.1 Å². The van der Waals surface area contributed by atoms with Crippen LogP contribution in [0.15, 0.2) is 36.4 Å². The van der Waals surface area contributed by atoms with Gasteiger partial charge in [-0.1, -0.05) is 31.2 Å². The van der Waals surface area contributed by atoms with E-state index in [0.717, 1.165) is 12.3 Å². The Hall–Kier alpha value is -1.80. The molecule has 2 nitrogen and oxygen atoms in total. The van der Waals surface area contributed by atoms with Gasteiger partial charge in [-0.15, -0.1) is 0 Å². The van der Waals surface area contributed by atoms with Gasteiger partial charge < -0.3 is 10.1 Å². The van der Waals surface area contributed by atoms with E-state index in [0.29, 0.717) is 0 Å². The zero-order valence-electron chi connectivity index (χ0n) is 13.7. The van der Waals surface area contributed by atoms with Crippen molar-refractivity contribution in [3.05, 3.63) is 64.2 Å². The van der Waals surface area contributed by atoms with Gasteiger partial charge in [0.25, 0.3) is 0 Å². The first-order valence-corrected chi connectivity index (χ1v) is 7.52. The summed E-state index contributed by atoms with van der Waals surface area (Å²) in [5.41, 5.74) is 6.54. The number of benzene rings is 2. The second-order valence-electron chi connectivity index (χ2n) is 5.56. The van der Waals surface area contributed by atoms with Crippen molar-refractivity contribution in [1.29, 1.82) is 0 Å². The molecule has 0 aliphatic heterocycles. The van der Waals surface area contributed by atoms with Crippen molar-refractivity contribution < 1.29 is 4.74 Å². The normalized spacial score (nSPS) is 12.2. The van der Waals surface area contributed by atoms with Crippen LogP contribution in [0, 0.1) is 20.8 Å². The largest absolute Gasteiger partial charge is 0.497 e. The standard InChI is InChI=1S/C19H25NO/c1-6-20-19(16-8-7-13(2)14(3)11-16)18-10-9-17(21-5)12-15(18)4/h7-12,19-20H,6H2,1-5H3. The number of ether oxygens (including phenoxy) is 1. The first-order valence-electron chi connectivity index (χ1n) is 7.52. The molecule has 1 atom stereocenters. The highest BCUT2D eigenvalue weighted by molar-refractivity contribution is 5.43. The van der Waals surface area contributed by atoms with E-state index in [-0.39, 0.29) is 6.04 Å². The SMILES string of the molecule is CCNC(c1ccc(C)c(C)c1)c1ccc(OC)cc1C. The molecule has 0 amide bonds. The fraction of sp³-hybridized carbons (Fsp3) is 0.368. The highest BCUT2D eigenvalue weighted by Gasteiger charge is 2.16. The molecule has 2 aromatic rings. The Morgan fingerprint density at radius 2 is 1.71 bits per heavy atom. The molecule has 0 spiro atoms. The fourth-order valence-corrected chi connectivity index (χ4v) is 2.65. The van der Waals surface area contributed by atoms with Crippen molar-refractivity contribution in [1.82, 2.24) is 5.32 Å². The summed E-state index contributed by atoms with van der Waals surface area (Å²) in [5.74, 6) is 0.909. The Balaban J connectivity index is 2.45. The molecule has 0 saturated carbocycles. The van der Waals surface area contributed by atoms with Crippen LogP contribution in [-0.2, 0) is 0 Å². The van der Waals surface area contributed by atoms with Gasteiger partial charge in [0.1, 0.15) is 5.75 Å². The Morgan fingerprint density at radius 1 is 0.952 bits per heavy atom. The molecule has 1 unspecified atom stereocenters. The van der Waals surface area contributed by atoms with Gasteiger partial charge in [0.15, 0.2) is 0 Å². The van der Waals surface area contributed by atoms with E-state index in [1.807, 2.05) is 6.07 Å². The van der Waals surface area contributed by atoms with Gasteiger partial charge in [0, 0.05) is 0 Å². The Morgan fingerprint density at radius 3 is 2.29 bits per heavy atom. The number of nitrogens with one attached hydrogen (secondary N) is 1. The van der Waals surface area contributed by atoms with E-state index in [9.17, 15) is 0 Å². The molecule has 2 aromatic carbocycles. The van der Waals surface area contributed by atoms with Gasteiger partial charge in [-0.25, -0.2) is 0 Å². The van der Waals surface area contributed by atoms with Gasteiger partial charge in [0.2, 0.25) is 0 Å². The van der Waals surface area contributed by atoms with Crippen molar-refractivity contribution in [3.63, 3.8) is 0 Å². The van der Waals surface area contributed by atoms with Gasteiger partial charge in [0.05, 0.1) is 13.2 Å². The molecule has 1 N–H and O–H groups in total. The fourth-order valence-electron chi connectivity index (χ4n) is 2.65. The molecule has 21 heavy (non-hydrogen) atoms. The van der Waals surface area contributed by atoms with Crippen molar-refractivity contribution in [2.45, 2.75) is 33.7 Å². The maximum absolute atomic E-state index is 5.31. The van der Waals surface area contributed by atoms with Gasteiger partial charge >= 0.3 is 0 Å². The predicted octanol–water partition coefficient (Wildman–Crippen LogP) is 4.32. The average molecular weight is 283 g/mol. The lowest BCUT2D eigenvalue weighted by atomic mass is 9.92. The molecule has 2 heteroatoms. The third-order valence-corrected chi connectivity index (χ3v) is 4.06.